The lowest BCUT2D eigenvalue weighted by molar-refractivity contribution is -0.130. The number of halogens is 1. The molecule has 3 aromatic rings. The summed E-state index contributed by atoms with van der Waals surface area (Å²) in [5.74, 6) is 0.905. The molecular formula is C25H28ClN5O4. The van der Waals surface area contributed by atoms with Gasteiger partial charge in [0.2, 0.25) is 5.91 Å². The van der Waals surface area contributed by atoms with Crippen LogP contribution in [0.5, 0.6) is 11.5 Å². The van der Waals surface area contributed by atoms with Crippen LogP contribution >= 0.6 is 11.6 Å². The minimum Gasteiger partial charge on any atom is -0.493 e. The van der Waals surface area contributed by atoms with E-state index in [0.29, 0.717) is 52.6 Å². The van der Waals surface area contributed by atoms with Crippen molar-refractivity contribution < 1.29 is 19.1 Å². The van der Waals surface area contributed by atoms with E-state index in [9.17, 15) is 9.59 Å². The quantitative estimate of drug-likeness (QED) is 0.506. The summed E-state index contributed by atoms with van der Waals surface area (Å²) in [4.78, 5) is 34.3. The fourth-order valence-electron chi connectivity index (χ4n) is 3.97. The predicted octanol–water partition coefficient (Wildman–Crippen LogP) is 3.62. The number of carbonyl (C=O) groups excluding carboxylic acids is 2. The van der Waals surface area contributed by atoms with Crippen LogP contribution < -0.4 is 25.4 Å². The number of nitrogens with zero attached hydrogens (tertiary/aromatic N) is 2. The van der Waals surface area contributed by atoms with Gasteiger partial charge >= 0.3 is 0 Å². The Morgan fingerprint density at radius 1 is 1.20 bits per heavy atom. The molecule has 4 rings (SSSR count). The molecule has 0 aliphatic carbocycles. The lowest BCUT2D eigenvalue weighted by Gasteiger charge is -2.21. The molecular weight excluding hydrogens is 470 g/mol. The molecule has 2 amide bonds. The smallest absolute Gasteiger partial charge is 0.258 e. The van der Waals surface area contributed by atoms with Crippen molar-refractivity contribution in [3.63, 3.8) is 0 Å². The van der Waals surface area contributed by atoms with Crippen molar-refractivity contribution in [3.8, 4) is 11.5 Å². The van der Waals surface area contributed by atoms with E-state index < -0.39 is 11.9 Å². The molecule has 1 aliphatic heterocycles. The SMILES string of the molecule is COc1cc2ncnc3c2cc1OCC(=O)NC(CC(C)C)C(=O)NCCc1ccc(Cl)cc1N3. The van der Waals surface area contributed by atoms with Crippen LogP contribution in [0, 0.1) is 5.92 Å². The maximum atomic E-state index is 12.9. The Balaban J connectivity index is 1.77. The van der Waals surface area contributed by atoms with Crippen molar-refractivity contribution >= 4 is 45.8 Å². The Kier molecular flexibility index (Phi) is 7.55. The predicted molar refractivity (Wildman–Crippen MR) is 134 cm³/mol. The molecule has 0 fully saturated rings. The van der Waals surface area contributed by atoms with E-state index in [1.54, 1.807) is 18.2 Å². The second kappa shape index (κ2) is 10.8. The lowest BCUT2D eigenvalue weighted by atomic mass is 10.0. The number of methoxy groups -OCH3 is 1. The highest BCUT2D eigenvalue weighted by atomic mass is 35.5. The van der Waals surface area contributed by atoms with Crippen LogP contribution in [0.25, 0.3) is 10.9 Å². The van der Waals surface area contributed by atoms with E-state index in [4.69, 9.17) is 21.1 Å². The Morgan fingerprint density at radius 3 is 2.80 bits per heavy atom. The molecule has 2 aromatic carbocycles. The average Bonchev–Trinajstić information content (AvgIpc) is 2.82. The summed E-state index contributed by atoms with van der Waals surface area (Å²) in [6, 6.07) is 8.33. The summed E-state index contributed by atoms with van der Waals surface area (Å²) in [5, 5.41) is 10.3. The van der Waals surface area contributed by atoms with Crippen LogP contribution in [0.3, 0.4) is 0 Å². The van der Waals surface area contributed by atoms with Gasteiger partial charge in [-0.3, -0.25) is 9.59 Å². The van der Waals surface area contributed by atoms with Crippen molar-refractivity contribution in [1.82, 2.24) is 20.6 Å². The fraction of sp³-hybridized carbons (Fsp3) is 0.360. The fourth-order valence-corrected chi connectivity index (χ4v) is 4.14. The number of benzene rings is 2. The van der Waals surface area contributed by atoms with Gasteiger partial charge in [-0.1, -0.05) is 31.5 Å². The molecule has 184 valence electrons. The first kappa shape index (κ1) is 24.5. The first-order chi connectivity index (χ1) is 16.8. The summed E-state index contributed by atoms with van der Waals surface area (Å²) in [6.07, 6.45) is 2.51. The number of amides is 2. The maximum absolute atomic E-state index is 12.9. The van der Waals surface area contributed by atoms with Gasteiger partial charge in [-0.05, 0) is 42.5 Å². The molecule has 0 saturated carbocycles. The molecule has 35 heavy (non-hydrogen) atoms. The highest BCUT2D eigenvalue weighted by Crippen LogP contribution is 2.35. The number of hydrogen-bond acceptors (Lipinski definition) is 7. The van der Waals surface area contributed by atoms with E-state index in [-0.39, 0.29) is 18.4 Å². The second-order valence-corrected chi connectivity index (χ2v) is 9.18. The number of ether oxygens (including phenoxy) is 2. The number of carbonyl (C=O) groups is 2. The summed E-state index contributed by atoms with van der Waals surface area (Å²) >= 11 is 6.28. The van der Waals surface area contributed by atoms with Gasteiger partial charge in [-0.25, -0.2) is 9.97 Å². The molecule has 0 spiro atoms. The van der Waals surface area contributed by atoms with Crippen LogP contribution in [-0.2, 0) is 16.0 Å². The van der Waals surface area contributed by atoms with Gasteiger partial charge in [0.15, 0.2) is 18.1 Å². The first-order valence-corrected chi connectivity index (χ1v) is 11.8. The molecule has 0 radical (unpaired) electrons. The van der Waals surface area contributed by atoms with E-state index in [1.165, 1.54) is 13.4 Å². The third-order valence-electron chi connectivity index (χ3n) is 5.66. The summed E-state index contributed by atoms with van der Waals surface area (Å²) < 4.78 is 11.3. The number of aromatic nitrogens is 2. The molecule has 1 unspecified atom stereocenters. The third-order valence-corrected chi connectivity index (χ3v) is 5.89. The van der Waals surface area contributed by atoms with Crippen LogP contribution in [0.15, 0.2) is 36.7 Å². The number of hydrogen-bond donors (Lipinski definition) is 3. The minimum atomic E-state index is -0.666. The molecule has 9 nitrogen and oxygen atoms in total. The van der Waals surface area contributed by atoms with Gasteiger partial charge in [0, 0.05) is 28.7 Å². The van der Waals surface area contributed by atoms with E-state index in [2.05, 4.69) is 25.9 Å². The first-order valence-electron chi connectivity index (χ1n) is 11.4. The van der Waals surface area contributed by atoms with E-state index >= 15 is 0 Å². The lowest BCUT2D eigenvalue weighted by Crippen LogP contribution is -2.49. The van der Waals surface area contributed by atoms with E-state index in [1.807, 2.05) is 26.0 Å². The maximum Gasteiger partial charge on any atom is 0.258 e. The Bertz CT molecular complexity index is 1250. The van der Waals surface area contributed by atoms with Crippen molar-refractivity contribution in [2.45, 2.75) is 32.7 Å². The molecule has 0 saturated heterocycles. The highest BCUT2D eigenvalue weighted by Gasteiger charge is 2.23. The topological polar surface area (TPSA) is 114 Å². The number of rotatable bonds is 3. The zero-order valence-electron chi connectivity index (χ0n) is 19.9. The second-order valence-electron chi connectivity index (χ2n) is 8.75. The molecule has 1 atom stereocenters. The summed E-state index contributed by atoms with van der Waals surface area (Å²) in [6.45, 7) is 4.11. The van der Waals surface area contributed by atoms with Gasteiger partial charge in [0.25, 0.3) is 5.91 Å². The Hall–Kier alpha value is -3.59. The van der Waals surface area contributed by atoms with Crippen LogP contribution in [0.2, 0.25) is 5.02 Å². The van der Waals surface area contributed by atoms with Gasteiger partial charge in [-0.2, -0.15) is 0 Å². The third kappa shape index (κ3) is 5.92. The Morgan fingerprint density at radius 2 is 2.03 bits per heavy atom. The number of nitrogens with one attached hydrogen (secondary N) is 3. The van der Waals surface area contributed by atoms with Crippen molar-refractivity contribution in [3.05, 3.63) is 47.2 Å². The normalized spacial score (nSPS) is 16.8. The Labute approximate surface area is 208 Å². The van der Waals surface area contributed by atoms with Crippen molar-refractivity contribution in [2.75, 3.05) is 25.6 Å². The van der Waals surface area contributed by atoms with Crippen LogP contribution in [0.1, 0.15) is 25.8 Å². The van der Waals surface area contributed by atoms with Crippen LogP contribution in [-0.4, -0.2) is 48.1 Å². The monoisotopic (exact) mass is 497 g/mol. The average molecular weight is 498 g/mol. The molecule has 3 N–H and O–H groups in total. The van der Waals surface area contributed by atoms with Gasteiger partial charge in [-0.15, -0.1) is 0 Å². The minimum absolute atomic E-state index is 0.212. The zero-order chi connectivity index (χ0) is 24.9. The molecule has 2 bridgehead atoms. The van der Waals surface area contributed by atoms with Crippen molar-refractivity contribution in [2.24, 2.45) is 5.92 Å². The molecule has 1 aromatic heterocycles. The molecule has 2 heterocycles. The largest absolute Gasteiger partial charge is 0.493 e. The standard InChI is InChI=1S/C25H28ClN5O4/c1-14(2)8-20-25(33)27-7-6-15-4-5-16(26)9-18(15)31-24-17-10-22(35-12-23(32)30-20)21(34-3)11-19(17)28-13-29-24/h4-5,9-11,13-14,20H,6-8,12H2,1-3H3,(H,27,33)(H,30,32)(H,28,29,31). The summed E-state index contributed by atoms with van der Waals surface area (Å²) in [7, 11) is 1.52. The molecule has 10 heteroatoms. The number of fused-ring (bicyclic) bond motifs is 2. The van der Waals surface area contributed by atoms with Crippen molar-refractivity contribution in [1.29, 1.82) is 0 Å². The zero-order valence-corrected chi connectivity index (χ0v) is 20.6. The van der Waals surface area contributed by atoms with Gasteiger partial charge in [0.1, 0.15) is 18.2 Å². The summed E-state index contributed by atoms with van der Waals surface area (Å²) in [5.41, 5.74) is 2.36. The number of anilines is 2. The highest BCUT2D eigenvalue weighted by molar-refractivity contribution is 6.30. The van der Waals surface area contributed by atoms with Gasteiger partial charge < -0.3 is 25.4 Å². The molecule has 1 aliphatic rings. The van der Waals surface area contributed by atoms with Gasteiger partial charge in [0.05, 0.1) is 12.6 Å². The van der Waals surface area contributed by atoms with E-state index in [0.717, 1.165) is 11.3 Å². The van der Waals surface area contributed by atoms with Crippen LogP contribution in [0.4, 0.5) is 11.5 Å².